The number of ether oxygens (including phenoxy) is 1. The van der Waals surface area contributed by atoms with E-state index in [0.29, 0.717) is 11.3 Å². The number of carbonyl (C=O) groups excluding carboxylic acids is 2. The Morgan fingerprint density at radius 2 is 1.95 bits per heavy atom. The Bertz CT molecular complexity index is 858. The minimum Gasteiger partial charge on any atom is -0.453 e. The highest BCUT2D eigenvalue weighted by atomic mass is 16.5. The molecule has 0 aliphatic rings. The zero-order chi connectivity index (χ0) is 15.7. The van der Waals surface area contributed by atoms with Gasteiger partial charge in [0.2, 0.25) is 5.78 Å². The first-order chi connectivity index (χ1) is 10.6. The molecule has 2 aromatic heterocycles. The summed E-state index contributed by atoms with van der Waals surface area (Å²) in [5.74, 6) is -0.712. The van der Waals surface area contributed by atoms with Crippen LogP contribution in [0.5, 0.6) is 0 Å². The molecular formula is C17H16N2O3. The average molecular weight is 296 g/mol. The molecule has 0 amide bonds. The highest BCUT2D eigenvalue weighted by Crippen LogP contribution is 2.22. The number of fused-ring (bicyclic) bond motifs is 1. The fourth-order valence-electron chi connectivity index (χ4n) is 2.59. The van der Waals surface area contributed by atoms with Crippen LogP contribution in [0.4, 0.5) is 0 Å². The van der Waals surface area contributed by atoms with Crippen molar-refractivity contribution in [2.45, 2.75) is 6.92 Å². The Balaban J connectivity index is 1.78. The number of hydrogen-bond donors (Lipinski definition) is 1. The maximum atomic E-state index is 12.4. The van der Waals surface area contributed by atoms with Crippen LogP contribution in [-0.2, 0) is 11.8 Å². The molecule has 1 N–H and O–H groups in total. The third-order valence-electron chi connectivity index (χ3n) is 3.66. The summed E-state index contributed by atoms with van der Waals surface area (Å²) in [6.45, 7) is 1.57. The van der Waals surface area contributed by atoms with Crippen molar-refractivity contribution in [1.82, 2.24) is 9.55 Å². The molecule has 0 fully saturated rings. The van der Waals surface area contributed by atoms with E-state index in [1.54, 1.807) is 29.9 Å². The number of aryl methyl sites for hydroxylation is 2. The van der Waals surface area contributed by atoms with E-state index < -0.39 is 5.97 Å². The van der Waals surface area contributed by atoms with Crippen molar-refractivity contribution in [3.8, 4) is 0 Å². The number of rotatable bonds is 4. The van der Waals surface area contributed by atoms with Gasteiger partial charge in [0.1, 0.15) is 5.69 Å². The van der Waals surface area contributed by atoms with E-state index in [9.17, 15) is 9.59 Å². The molecule has 2 heterocycles. The summed E-state index contributed by atoms with van der Waals surface area (Å²) in [6.07, 6.45) is 1.75. The highest BCUT2D eigenvalue weighted by Gasteiger charge is 2.18. The number of nitrogens with zero attached hydrogens (tertiary/aromatic N) is 1. The van der Waals surface area contributed by atoms with E-state index in [2.05, 4.69) is 4.98 Å². The summed E-state index contributed by atoms with van der Waals surface area (Å²) in [7, 11) is 1.75. The number of hydrogen-bond acceptors (Lipinski definition) is 3. The monoisotopic (exact) mass is 296 g/mol. The largest absolute Gasteiger partial charge is 0.453 e. The Morgan fingerprint density at radius 1 is 1.18 bits per heavy atom. The summed E-state index contributed by atoms with van der Waals surface area (Å²) in [4.78, 5) is 27.5. The number of aromatic amines is 1. The minimum absolute atomic E-state index is 0.211. The molecule has 0 spiro atoms. The van der Waals surface area contributed by atoms with Crippen LogP contribution in [0, 0.1) is 6.92 Å². The number of benzene rings is 1. The maximum Gasteiger partial charge on any atom is 0.355 e. The van der Waals surface area contributed by atoms with Crippen molar-refractivity contribution in [2.75, 3.05) is 6.61 Å². The van der Waals surface area contributed by atoms with Crippen LogP contribution in [0.25, 0.3) is 10.9 Å². The molecule has 5 heteroatoms. The SMILES string of the molecule is Cc1[nH]c2ccccc2c1C(=O)COC(=O)c1cccn1C. The van der Waals surface area contributed by atoms with E-state index in [4.69, 9.17) is 4.74 Å². The standard InChI is InChI=1S/C17H16N2O3/c1-11-16(12-6-3-4-7-13(12)18-11)15(20)10-22-17(21)14-8-5-9-19(14)2/h3-9,18H,10H2,1-2H3. The molecule has 5 nitrogen and oxygen atoms in total. The number of para-hydroxylation sites is 1. The third kappa shape index (κ3) is 2.41. The van der Waals surface area contributed by atoms with Crippen LogP contribution < -0.4 is 0 Å². The van der Waals surface area contributed by atoms with Crippen molar-refractivity contribution in [1.29, 1.82) is 0 Å². The van der Waals surface area contributed by atoms with Crippen molar-refractivity contribution in [3.63, 3.8) is 0 Å². The van der Waals surface area contributed by atoms with Gasteiger partial charge < -0.3 is 14.3 Å². The lowest BCUT2D eigenvalue weighted by atomic mass is 10.1. The van der Waals surface area contributed by atoms with Crippen LogP contribution in [0.3, 0.4) is 0 Å². The lowest BCUT2D eigenvalue weighted by Gasteiger charge is -2.05. The minimum atomic E-state index is -0.502. The molecule has 3 aromatic rings. The summed E-state index contributed by atoms with van der Waals surface area (Å²) in [5, 5.41) is 0.847. The zero-order valence-electron chi connectivity index (χ0n) is 12.4. The number of nitrogens with one attached hydrogen (secondary N) is 1. The number of carbonyl (C=O) groups is 2. The Kier molecular flexibility index (Phi) is 3.55. The second-order valence-corrected chi connectivity index (χ2v) is 5.17. The van der Waals surface area contributed by atoms with Crippen molar-refractivity contribution >= 4 is 22.7 Å². The molecule has 0 unspecified atom stereocenters. The molecule has 1 aromatic carbocycles. The third-order valence-corrected chi connectivity index (χ3v) is 3.66. The van der Waals surface area contributed by atoms with E-state index >= 15 is 0 Å². The zero-order valence-corrected chi connectivity index (χ0v) is 12.4. The molecule has 0 saturated heterocycles. The number of ketones is 1. The molecule has 0 radical (unpaired) electrons. The Labute approximate surface area is 127 Å². The van der Waals surface area contributed by atoms with Crippen molar-refractivity contribution in [2.24, 2.45) is 7.05 Å². The first-order valence-electron chi connectivity index (χ1n) is 6.97. The fraction of sp³-hybridized carbons (Fsp3) is 0.176. The second kappa shape index (κ2) is 5.52. The maximum absolute atomic E-state index is 12.4. The molecule has 0 bridgehead atoms. The molecule has 3 rings (SSSR count). The smallest absolute Gasteiger partial charge is 0.355 e. The topological polar surface area (TPSA) is 64.1 Å². The van der Waals surface area contributed by atoms with Gasteiger partial charge >= 0.3 is 5.97 Å². The fourth-order valence-corrected chi connectivity index (χ4v) is 2.59. The molecular weight excluding hydrogens is 280 g/mol. The number of esters is 1. The molecule has 0 aliphatic heterocycles. The van der Waals surface area contributed by atoms with Gasteiger partial charge in [0.15, 0.2) is 6.61 Å². The van der Waals surface area contributed by atoms with E-state index in [-0.39, 0.29) is 12.4 Å². The van der Waals surface area contributed by atoms with E-state index in [1.807, 2.05) is 31.2 Å². The molecule has 22 heavy (non-hydrogen) atoms. The van der Waals surface area contributed by atoms with Gasteiger partial charge in [0.05, 0.1) is 0 Å². The number of Topliss-reactive ketones (excluding diaryl/α,β-unsaturated/α-hetero) is 1. The van der Waals surface area contributed by atoms with Crippen molar-refractivity contribution < 1.29 is 14.3 Å². The Morgan fingerprint density at radius 3 is 2.68 bits per heavy atom. The van der Waals surface area contributed by atoms with Crippen LogP contribution in [-0.4, -0.2) is 27.9 Å². The van der Waals surface area contributed by atoms with E-state index in [1.165, 1.54) is 0 Å². The van der Waals surface area contributed by atoms with Gasteiger partial charge in [-0.25, -0.2) is 4.79 Å². The van der Waals surface area contributed by atoms with Gasteiger partial charge in [-0.2, -0.15) is 0 Å². The van der Waals surface area contributed by atoms with Gasteiger partial charge in [-0.15, -0.1) is 0 Å². The molecule has 0 aliphatic carbocycles. The molecule has 0 atom stereocenters. The first-order valence-corrected chi connectivity index (χ1v) is 6.97. The van der Waals surface area contributed by atoms with Gasteiger partial charge in [-0.3, -0.25) is 4.79 Å². The number of aromatic nitrogens is 2. The predicted octanol–water partition coefficient (Wildman–Crippen LogP) is 2.85. The highest BCUT2D eigenvalue weighted by molar-refractivity contribution is 6.10. The van der Waals surface area contributed by atoms with Gasteiger partial charge in [0.25, 0.3) is 0 Å². The van der Waals surface area contributed by atoms with Gasteiger partial charge in [0, 0.05) is 35.4 Å². The normalized spacial score (nSPS) is 10.8. The summed E-state index contributed by atoms with van der Waals surface area (Å²) in [5.41, 5.74) is 2.68. The van der Waals surface area contributed by atoms with Crippen LogP contribution in [0.15, 0.2) is 42.6 Å². The lowest BCUT2D eigenvalue weighted by molar-refractivity contribution is 0.0465. The second-order valence-electron chi connectivity index (χ2n) is 5.17. The molecule has 0 saturated carbocycles. The van der Waals surface area contributed by atoms with Crippen molar-refractivity contribution in [3.05, 3.63) is 59.5 Å². The lowest BCUT2D eigenvalue weighted by Crippen LogP contribution is -2.16. The van der Waals surface area contributed by atoms with E-state index in [0.717, 1.165) is 16.6 Å². The average Bonchev–Trinajstić information content (AvgIpc) is 3.06. The summed E-state index contributed by atoms with van der Waals surface area (Å²) < 4.78 is 6.79. The quantitative estimate of drug-likeness (QED) is 0.595. The predicted molar refractivity (Wildman–Crippen MR) is 83.1 cm³/mol. The summed E-state index contributed by atoms with van der Waals surface area (Å²) >= 11 is 0. The van der Waals surface area contributed by atoms with Crippen LogP contribution in [0.2, 0.25) is 0 Å². The number of H-pyrrole nitrogens is 1. The Hall–Kier alpha value is -2.82. The van der Waals surface area contributed by atoms with Gasteiger partial charge in [-0.05, 0) is 25.1 Å². The van der Waals surface area contributed by atoms with Gasteiger partial charge in [-0.1, -0.05) is 18.2 Å². The van der Waals surface area contributed by atoms with Crippen LogP contribution >= 0.6 is 0 Å². The summed E-state index contributed by atoms with van der Waals surface area (Å²) in [6, 6.07) is 11.0. The van der Waals surface area contributed by atoms with Crippen LogP contribution in [0.1, 0.15) is 26.5 Å². The molecule has 112 valence electrons. The first kappa shape index (κ1) is 14.1.